The lowest BCUT2D eigenvalue weighted by molar-refractivity contribution is 0.348. The van der Waals surface area contributed by atoms with Gasteiger partial charge in [-0.05, 0) is 59.4 Å². The van der Waals surface area contributed by atoms with E-state index in [0.717, 1.165) is 28.9 Å². The molecule has 1 N–H and O–H groups in total. The van der Waals surface area contributed by atoms with Gasteiger partial charge in [-0.3, -0.25) is 0 Å². The Hall–Kier alpha value is -0.910. The highest BCUT2D eigenvalue weighted by atomic mass is 79.9. The minimum absolute atomic E-state index is 0.445. The third-order valence-electron chi connectivity index (χ3n) is 3.70. The van der Waals surface area contributed by atoms with Crippen LogP contribution in [0.3, 0.4) is 0 Å². The van der Waals surface area contributed by atoms with Crippen LogP contribution in [-0.4, -0.2) is 22.7 Å². The first-order valence-electron chi connectivity index (χ1n) is 7.18. The number of likely N-dealkylation sites (N-methyl/N-ethyl adjacent to an activating group) is 1. The molecule has 0 amide bonds. The highest BCUT2D eigenvalue weighted by Gasteiger charge is 2.31. The van der Waals surface area contributed by atoms with Crippen molar-refractivity contribution in [2.45, 2.75) is 32.2 Å². The zero-order valence-electron chi connectivity index (χ0n) is 11.8. The van der Waals surface area contributed by atoms with Crippen LogP contribution in [0.2, 0.25) is 5.02 Å². The Morgan fingerprint density at radius 3 is 2.95 bits per heavy atom. The normalized spacial score (nSPS) is 16.1. The van der Waals surface area contributed by atoms with Crippen LogP contribution in [0.5, 0.6) is 0 Å². The molecular weight excluding hydrogens is 354 g/mol. The van der Waals surface area contributed by atoms with Gasteiger partial charge in [-0.2, -0.15) is 4.98 Å². The van der Waals surface area contributed by atoms with Gasteiger partial charge in [0, 0.05) is 22.5 Å². The Morgan fingerprint density at radius 1 is 1.48 bits per heavy atom. The standard InChI is InChI=1S/C15H17BrClN3O/c1-2-18-13(9-3-4-9)8-14-19-15(20-21-14)10-5-6-12(17)11(16)7-10/h5-7,9,13,18H,2-4,8H2,1H3. The van der Waals surface area contributed by atoms with Crippen LogP contribution in [0, 0.1) is 5.92 Å². The summed E-state index contributed by atoms with van der Waals surface area (Å²) in [5.74, 6) is 2.05. The van der Waals surface area contributed by atoms with Crippen molar-refractivity contribution in [2.75, 3.05) is 6.54 Å². The molecule has 21 heavy (non-hydrogen) atoms. The molecule has 0 bridgehead atoms. The smallest absolute Gasteiger partial charge is 0.228 e. The lowest BCUT2D eigenvalue weighted by Gasteiger charge is -2.14. The van der Waals surface area contributed by atoms with E-state index in [4.69, 9.17) is 16.1 Å². The largest absolute Gasteiger partial charge is 0.339 e. The molecule has 1 heterocycles. The molecule has 1 aromatic heterocycles. The third kappa shape index (κ3) is 3.65. The molecule has 112 valence electrons. The maximum Gasteiger partial charge on any atom is 0.228 e. The lowest BCUT2D eigenvalue weighted by atomic mass is 10.1. The maximum atomic E-state index is 6.00. The molecule has 2 aromatic rings. The van der Waals surface area contributed by atoms with E-state index in [1.165, 1.54) is 12.8 Å². The summed E-state index contributed by atoms with van der Waals surface area (Å²) in [6.45, 7) is 3.09. The van der Waals surface area contributed by atoms with Gasteiger partial charge >= 0.3 is 0 Å². The first-order valence-corrected chi connectivity index (χ1v) is 8.36. The molecule has 1 saturated carbocycles. The molecule has 0 saturated heterocycles. The zero-order valence-corrected chi connectivity index (χ0v) is 14.1. The summed E-state index contributed by atoms with van der Waals surface area (Å²) in [5.41, 5.74) is 0.896. The van der Waals surface area contributed by atoms with Gasteiger partial charge in [-0.25, -0.2) is 0 Å². The average Bonchev–Trinajstić information content (AvgIpc) is 3.21. The summed E-state index contributed by atoms with van der Waals surface area (Å²) in [6, 6.07) is 6.06. The molecule has 1 aromatic carbocycles. The van der Waals surface area contributed by atoms with Crippen molar-refractivity contribution in [1.29, 1.82) is 0 Å². The summed E-state index contributed by atoms with van der Waals surface area (Å²) in [5, 5.41) is 8.25. The topological polar surface area (TPSA) is 51.0 Å². The first kappa shape index (κ1) is 15.0. The highest BCUT2D eigenvalue weighted by molar-refractivity contribution is 9.10. The predicted molar refractivity (Wildman–Crippen MR) is 86.3 cm³/mol. The molecule has 1 aliphatic rings. The minimum Gasteiger partial charge on any atom is -0.339 e. The SMILES string of the molecule is CCNC(Cc1nc(-c2ccc(Cl)c(Br)c2)no1)C1CC1. The minimum atomic E-state index is 0.445. The van der Waals surface area contributed by atoms with Gasteiger partial charge in [0.15, 0.2) is 0 Å². The van der Waals surface area contributed by atoms with E-state index in [1.807, 2.05) is 18.2 Å². The van der Waals surface area contributed by atoms with E-state index in [2.05, 4.69) is 38.3 Å². The molecule has 3 rings (SSSR count). The van der Waals surface area contributed by atoms with E-state index in [-0.39, 0.29) is 0 Å². The van der Waals surface area contributed by atoms with E-state index < -0.39 is 0 Å². The van der Waals surface area contributed by atoms with Crippen molar-refractivity contribution in [3.05, 3.63) is 33.6 Å². The van der Waals surface area contributed by atoms with E-state index in [1.54, 1.807) is 0 Å². The molecule has 0 radical (unpaired) electrons. The number of rotatable bonds is 6. The fourth-order valence-electron chi connectivity index (χ4n) is 2.44. The van der Waals surface area contributed by atoms with Gasteiger partial charge in [-0.1, -0.05) is 23.7 Å². The second kappa shape index (κ2) is 6.46. The molecule has 1 fully saturated rings. The lowest BCUT2D eigenvalue weighted by Crippen LogP contribution is -2.33. The molecule has 0 spiro atoms. The summed E-state index contributed by atoms with van der Waals surface area (Å²) < 4.78 is 6.22. The van der Waals surface area contributed by atoms with Gasteiger partial charge in [0.25, 0.3) is 0 Å². The fourth-order valence-corrected chi connectivity index (χ4v) is 2.94. The van der Waals surface area contributed by atoms with E-state index in [9.17, 15) is 0 Å². The number of aromatic nitrogens is 2. The Balaban J connectivity index is 1.74. The van der Waals surface area contributed by atoms with Crippen LogP contribution in [0.1, 0.15) is 25.7 Å². The second-order valence-electron chi connectivity index (χ2n) is 5.35. The maximum absolute atomic E-state index is 6.00. The van der Waals surface area contributed by atoms with Gasteiger partial charge in [0.2, 0.25) is 11.7 Å². The number of benzene rings is 1. The van der Waals surface area contributed by atoms with E-state index in [0.29, 0.717) is 22.8 Å². The third-order valence-corrected chi connectivity index (χ3v) is 4.91. The summed E-state index contributed by atoms with van der Waals surface area (Å²) in [6.07, 6.45) is 3.38. The van der Waals surface area contributed by atoms with Gasteiger partial charge in [0.05, 0.1) is 5.02 Å². The quantitative estimate of drug-likeness (QED) is 0.832. The summed E-state index contributed by atoms with van der Waals surface area (Å²) in [7, 11) is 0. The molecule has 1 aliphatic carbocycles. The van der Waals surface area contributed by atoms with E-state index >= 15 is 0 Å². The second-order valence-corrected chi connectivity index (χ2v) is 6.61. The zero-order chi connectivity index (χ0) is 14.8. The molecule has 4 nitrogen and oxygen atoms in total. The van der Waals surface area contributed by atoms with Crippen LogP contribution < -0.4 is 5.32 Å². The van der Waals surface area contributed by atoms with Crippen molar-refractivity contribution < 1.29 is 4.52 Å². The van der Waals surface area contributed by atoms with Gasteiger partial charge in [-0.15, -0.1) is 0 Å². The average molecular weight is 371 g/mol. The van der Waals surface area contributed by atoms with Crippen LogP contribution in [-0.2, 0) is 6.42 Å². The predicted octanol–water partition coefficient (Wildman–Crippen LogP) is 4.08. The summed E-state index contributed by atoms with van der Waals surface area (Å²) in [4.78, 5) is 4.50. The van der Waals surface area contributed by atoms with Crippen LogP contribution in [0.4, 0.5) is 0 Å². The van der Waals surface area contributed by atoms with Crippen LogP contribution in [0.15, 0.2) is 27.2 Å². The summed E-state index contributed by atoms with van der Waals surface area (Å²) >= 11 is 9.41. The number of nitrogens with zero attached hydrogens (tertiary/aromatic N) is 2. The van der Waals surface area contributed by atoms with Crippen molar-refractivity contribution in [3.63, 3.8) is 0 Å². The molecular formula is C15H17BrClN3O. The van der Waals surface area contributed by atoms with Crippen LogP contribution in [0.25, 0.3) is 11.4 Å². The highest BCUT2D eigenvalue weighted by Crippen LogP contribution is 2.34. The number of nitrogens with one attached hydrogen (secondary N) is 1. The van der Waals surface area contributed by atoms with Gasteiger partial charge < -0.3 is 9.84 Å². The number of hydrogen-bond acceptors (Lipinski definition) is 4. The molecule has 6 heteroatoms. The molecule has 1 atom stereocenters. The Kier molecular flexibility index (Phi) is 4.62. The monoisotopic (exact) mass is 369 g/mol. The Bertz CT molecular complexity index is 627. The van der Waals surface area contributed by atoms with Crippen molar-refractivity contribution >= 4 is 27.5 Å². The van der Waals surface area contributed by atoms with Gasteiger partial charge in [0.1, 0.15) is 0 Å². The fraction of sp³-hybridized carbons (Fsp3) is 0.467. The number of hydrogen-bond donors (Lipinski definition) is 1. The molecule has 0 aliphatic heterocycles. The van der Waals surface area contributed by atoms with Crippen molar-refractivity contribution in [2.24, 2.45) is 5.92 Å². The first-order chi connectivity index (χ1) is 10.2. The number of halogens is 2. The van der Waals surface area contributed by atoms with Crippen molar-refractivity contribution in [3.8, 4) is 11.4 Å². The van der Waals surface area contributed by atoms with Crippen molar-refractivity contribution in [1.82, 2.24) is 15.5 Å². The Labute approximate surface area is 137 Å². The molecule has 1 unspecified atom stereocenters. The Morgan fingerprint density at radius 2 is 2.29 bits per heavy atom. The van der Waals surface area contributed by atoms with Crippen LogP contribution >= 0.6 is 27.5 Å².